The molecule has 166 valence electrons. The molecule has 0 saturated heterocycles. The third-order valence-electron chi connectivity index (χ3n) is 5.96. The largest absolute Gasteiger partial charge is 0.352 e. The summed E-state index contributed by atoms with van der Waals surface area (Å²) >= 11 is 12.3. The van der Waals surface area contributed by atoms with E-state index in [1.165, 1.54) is 6.42 Å². The quantitative estimate of drug-likeness (QED) is 0.569. The van der Waals surface area contributed by atoms with Gasteiger partial charge in [0.25, 0.3) is 0 Å². The van der Waals surface area contributed by atoms with Crippen LogP contribution in [-0.2, 0) is 22.4 Å². The summed E-state index contributed by atoms with van der Waals surface area (Å²) in [4.78, 5) is 27.9. The molecule has 0 radical (unpaired) electrons. The Morgan fingerprint density at radius 2 is 1.77 bits per heavy atom. The third kappa shape index (κ3) is 6.98. The minimum atomic E-state index is -0.552. The molecule has 3 rings (SSSR count). The lowest BCUT2D eigenvalue weighted by molar-refractivity contribution is -0.139. The van der Waals surface area contributed by atoms with Crippen molar-refractivity contribution in [2.75, 3.05) is 6.54 Å². The first-order chi connectivity index (χ1) is 14.9. The molecule has 0 unspecified atom stereocenters. The van der Waals surface area contributed by atoms with Gasteiger partial charge in [0.05, 0.1) is 6.42 Å². The molecule has 31 heavy (non-hydrogen) atoms. The second kappa shape index (κ2) is 11.5. The highest BCUT2D eigenvalue weighted by Crippen LogP contribution is 2.23. The monoisotopic (exact) mass is 460 g/mol. The molecule has 2 aromatic rings. The van der Waals surface area contributed by atoms with Crippen LogP contribution in [0.15, 0.2) is 48.5 Å². The highest BCUT2D eigenvalue weighted by molar-refractivity contribution is 6.35. The van der Waals surface area contributed by atoms with Crippen molar-refractivity contribution in [3.05, 3.63) is 69.7 Å². The van der Waals surface area contributed by atoms with Crippen molar-refractivity contribution < 1.29 is 9.59 Å². The molecule has 2 amide bonds. The predicted octanol–water partition coefficient (Wildman–Crippen LogP) is 5.44. The molecule has 4 nitrogen and oxygen atoms in total. The van der Waals surface area contributed by atoms with E-state index < -0.39 is 6.04 Å². The van der Waals surface area contributed by atoms with Crippen LogP contribution in [-0.4, -0.2) is 35.3 Å². The maximum Gasteiger partial charge on any atom is 0.242 e. The molecule has 1 atom stereocenters. The average molecular weight is 461 g/mol. The molecule has 0 aliphatic heterocycles. The minimum absolute atomic E-state index is 0.0875. The Balaban J connectivity index is 1.72. The zero-order valence-electron chi connectivity index (χ0n) is 17.9. The normalized spacial score (nSPS) is 15.3. The Labute approximate surface area is 194 Å². The van der Waals surface area contributed by atoms with Crippen molar-refractivity contribution in [3.63, 3.8) is 0 Å². The van der Waals surface area contributed by atoms with E-state index >= 15 is 0 Å². The van der Waals surface area contributed by atoms with Gasteiger partial charge in [-0.2, -0.15) is 0 Å². The summed E-state index contributed by atoms with van der Waals surface area (Å²) in [6.45, 7) is 2.28. The lowest BCUT2D eigenvalue weighted by Crippen LogP contribution is -2.51. The fourth-order valence-electron chi connectivity index (χ4n) is 4.07. The fraction of sp³-hybridized carbons (Fsp3) is 0.440. The van der Waals surface area contributed by atoms with Gasteiger partial charge in [-0.3, -0.25) is 9.59 Å². The van der Waals surface area contributed by atoms with E-state index in [0.717, 1.165) is 31.2 Å². The lowest BCUT2D eigenvalue weighted by Gasteiger charge is -2.31. The molecule has 0 aromatic heterocycles. The van der Waals surface area contributed by atoms with E-state index in [9.17, 15) is 9.59 Å². The van der Waals surface area contributed by atoms with Gasteiger partial charge in [0.1, 0.15) is 6.04 Å². The van der Waals surface area contributed by atoms with Crippen molar-refractivity contribution in [1.82, 2.24) is 10.2 Å². The van der Waals surface area contributed by atoms with Crippen molar-refractivity contribution in [1.29, 1.82) is 0 Å². The van der Waals surface area contributed by atoms with Crippen LogP contribution < -0.4 is 5.32 Å². The summed E-state index contributed by atoms with van der Waals surface area (Å²) in [6, 6.07) is 14.8. The molecule has 1 aliphatic carbocycles. The maximum atomic E-state index is 13.3. The Morgan fingerprint density at radius 3 is 2.45 bits per heavy atom. The first kappa shape index (κ1) is 23.6. The van der Waals surface area contributed by atoms with Gasteiger partial charge >= 0.3 is 0 Å². The summed E-state index contributed by atoms with van der Waals surface area (Å²) in [5, 5.41) is 4.15. The molecule has 1 fully saturated rings. The number of carbonyl (C=O) groups excluding carboxylic acids is 2. The fourth-order valence-corrected chi connectivity index (χ4v) is 4.54. The molecule has 0 heterocycles. The summed E-state index contributed by atoms with van der Waals surface area (Å²) < 4.78 is 0. The van der Waals surface area contributed by atoms with Crippen LogP contribution in [0.4, 0.5) is 0 Å². The highest BCUT2D eigenvalue weighted by atomic mass is 35.5. The van der Waals surface area contributed by atoms with Gasteiger partial charge in [0.15, 0.2) is 0 Å². The van der Waals surface area contributed by atoms with E-state index in [4.69, 9.17) is 23.2 Å². The predicted molar refractivity (Wildman–Crippen MR) is 127 cm³/mol. The van der Waals surface area contributed by atoms with Crippen LogP contribution in [0.3, 0.4) is 0 Å². The maximum absolute atomic E-state index is 13.3. The van der Waals surface area contributed by atoms with Crippen LogP contribution >= 0.6 is 23.2 Å². The Morgan fingerprint density at radius 1 is 1.06 bits per heavy atom. The summed E-state index contributed by atoms with van der Waals surface area (Å²) in [7, 11) is 0. The van der Waals surface area contributed by atoms with Crippen molar-refractivity contribution in [2.24, 2.45) is 0 Å². The molecule has 1 saturated carbocycles. The first-order valence-electron chi connectivity index (χ1n) is 11.0. The zero-order valence-corrected chi connectivity index (χ0v) is 19.5. The van der Waals surface area contributed by atoms with E-state index in [1.54, 1.807) is 23.1 Å². The molecular weight excluding hydrogens is 431 g/mol. The zero-order chi connectivity index (χ0) is 22.2. The number of hydrogen-bond donors (Lipinski definition) is 1. The van der Waals surface area contributed by atoms with Gasteiger partial charge in [-0.25, -0.2) is 0 Å². The number of nitrogens with zero attached hydrogens (tertiary/aromatic N) is 1. The number of carbonyl (C=O) groups is 2. The van der Waals surface area contributed by atoms with Crippen molar-refractivity contribution >= 4 is 35.0 Å². The molecular formula is C25H30Cl2N2O2. The van der Waals surface area contributed by atoms with E-state index in [2.05, 4.69) is 5.32 Å². The number of benzene rings is 2. The lowest BCUT2D eigenvalue weighted by atomic mass is 9.95. The smallest absolute Gasteiger partial charge is 0.242 e. The van der Waals surface area contributed by atoms with Gasteiger partial charge in [-0.05, 0) is 49.4 Å². The van der Waals surface area contributed by atoms with Crippen LogP contribution in [0.2, 0.25) is 10.0 Å². The van der Waals surface area contributed by atoms with Gasteiger partial charge in [-0.1, -0.05) is 78.9 Å². The van der Waals surface area contributed by atoms with Crippen LogP contribution in [0.5, 0.6) is 0 Å². The van der Waals surface area contributed by atoms with Crippen molar-refractivity contribution in [2.45, 2.75) is 64.0 Å². The molecule has 1 N–H and O–H groups in total. The van der Waals surface area contributed by atoms with E-state index in [1.807, 2.05) is 37.3 Å². The number of amides is 2. The molecule has 0 bridgehead atoms. The third-order valence-corrected chi connectivity index (χ3v) is 6.55. The summed E-state index contributed by atoms with van der Waals surface area (Å²) in [6.07, 6.45) is 6.35. The Bertz CT molecular complexity index is 882. The number of halogens is 2. The van der Waals surface area contributed by atoms with E-state index in [0.29, 0.717) is 28.6 Å². The van der Waals surface area contributed by atoms with Gasteiger partial charge in [0.2, 0.25) is 11.8 Å². The topological polar surface area (TPSA) is 49.4 Å². The Kier molecular flexibility index (Phi) is 8.79. The molecule has 2 aromatic carbocycles. The highest BCUT2D eigenvalue weighted by Gasteiger charge is 2.28. The second-order valence-corrected chi connectivity index (χ2v) is 9.10. The van der Waals surface area contributed by atoms with E-state index in [-0.39, 0.29) is 24.3 Å². The molecule has 0 spiro atoms. The van der Waals surface area contributed by atoms with Gasteiger partial charge < -0.3 is 10.2 Å². The van der Waals surface area contributed by atoms with Gasteiger partial charge in [0, 0.05) is 22.6 Å². The van der Waals surface area contributed by atoms with Crippen LogP contribution in [0, 0.1) is 0 Å². The minimum Gasteiger partial charge on any atom is -0.352 e. The summed E-state index contributed by atoms with van der Waals surface area (Å²) in [5.74, 6) is -0.207. The van der Waals surface area contributed by atoms with Crippen LogP contribution in [0.1, 0.15) is 50.2 Å². The van der Waals surface area contributed by atoms with Crippen molar-refractivity contribution in [3.8, 4) is 0 Å². The summed E-state index contributed by atoms with van der Waals surface area (Å²) in [5.41, 5.74) is 1.84. The number of hydrogen-bond acceptors (Lipinski definition) is 2. The number of nitrogens with one attached hydrogen (secondary N) is 1. The number of rotatable bonds is 8. The Hall–Kier alpha value is -2.04. The van der Waals surface area contributed by atoms with Gasteiger partial charge in [-0.15, -0.1) is 0 Å². The first-order valence-corrected chi connectivity index (χ1v) is 11.8. The van der Waals surface area contributed by atoms with Crippen LogP contribution in [0.25, 0.3) is 0 Å². The average Bonchev–Trinajstić information content (AvgIpc) is 2.77. The second-order valence-electron chi connectivity index (χ2n) is 8.25. The molecule has 1 aliphatic rings. The molecule has 6 heteroatoms. The SMILES string of the molecule is C[C@@H](C(=O)NC1CCCCC1)N(CCc1ccccc1)C(=O)Cc1ccc(Cl)cc1Cl. The standard InChI is InChI=1S/C25H30Cl2N2O2/c1-18(25(31)28-22-10-6-3-7-11-22)29(15-14-19-8-4-2-5-9-19)24(30)16-20-12-13-21(26)17-23(20)27/h2,4-5,8-9,12-13,17-18,22H,3,6-7,10-11,14-16H2,1H3,(H,28,31)/t18-/m0/s1.